The van der Waals surface area contributed by atoms with E-state index < -0.39 is 0 Å². The maximum atomic E-state index is 9.75. The van der Waals surface area contributed by atoms with Gasteiger partial charge in [-0.2, -0.15) is 0 Å². The lowest BCUT2D eigenvalue weighted by Gasteiger charge is -2.29. The van der Waals surface area contributed by atoms with Crippen LogP contribution in [-0.2, 0) is 0 Å². The van der Waals surface area contributed by atoms with Crippen LogP contribution in [0.1, 0.15) is 59.3 Å². The Hall–Kier alpha value is -0.770. The minimum atomic E-state index is -0.0485. The zero-order chi connectivity index (χ0) is 16.0. The average molecular weight is 309 g/mol. The molecule has 1 aliphatic carbocycles. The van der Waals surface area contributed by atoms with E-state index in [0.717, 1.165) is 43.7 Å². The average Bonchev–Trinajstić information content (AvgIpc) is 2.99. The van der Waals surface area contributed by atoms with Gasteiger partial charge in [-0.25, -0.2) is 0 Å². The van der Waals surface area contributed by atoms with E-state index >= 15 is 0 Å². The molecular weight excluding hydrogens is 274 g/mol. The van der Waals surface area contributed by atoms with Crippen molar-refractivity contribution in [1.82, 2.24) is 10.2 Å². The first-order valence-electron chi connectivity index (χ1n) is 9.32. The fourth-order valence-corrected chi connectivity index (χ4v) is 3.99. The Labute approximate surface area is 136 Å². The highest BCUT2D eigenvalue weighted by molar-refractivity contribution is 5.80. The smallest absolute Gasteiger partial charge is 0.193 e. The molecule has 2 aliphatic rings. The molecule has 0 spiro atoms. The lowest BCUT2D eigenvalue weighted by molar-refractivity contribution is 0.123. The van der Waals surface area contributed by atoms with Crippen LogP contribution in [0.25, 0.3) is 0 Å². The molecule has 4 heteroatoms. The van der Waals surface area contributed by atoms with Gasteiger partial charge in [0.2, 0.25) is 0 Å². The van der Waals surface area contributed by atoms with Gasteiger partial charge < -0.3 is 15.3 Å². The van der Waals surface area contributed by atoms with Gasteiger partial charge in [0.15, 0.2) is 5.96 Å². The molecule has 2 fully saturated rings. The summed E-state index contributed by atoms with van der Waals surface area (Å²) in [5.41, 5.74) is -0.0485. The van der Waals surface area contributed by atoms with Crippen LogP contribution in [0, 0.1) is 17.3 Å². The number of hydrogen-bond donors (Lipinski definition) is 2. The van der Waals surface area contributed by atoms with Crippen LogP contribution >= 0.6 is 0 Å². The van der Waals surface area contributed by atoms with E-state index in [9.17, 15) is 5.11 Å². The summed E-state index contributed by atoms with van der Waals surface area (Å²) in [7, 11) is 0. The van der Waals surface area contributed by atoms with E-state index in [1.807, 2.05) is 0 Å². The fraction of sp³-hybridized carbons (Fsp3) is 0.944. The van der Waals surface area contributed by atoms with Crippen molar-refractivity contribution in [2.24, 2.45) is 22.2 Å². The van der Waals surface area contributed by atoms with Gasteiger partial charge >= 0.3 is 0 Å². The van der Waals surface area contributed by atoms with Crippen LogP contribution in [0.4, 0.5) is 0 Å². The first-order valence-corrected chi connectivity index (χ1v) is 9.32. The van der Waals surface area contributed by atoms with Crippen molar-refractivity contribution in [2.45, 2.75) is 59.3 Å². The van der Waals surface area contributed by atoms with Crippen molar-refractivity contribution < 1.29 is 5.11 Å². The second-order valence-electron chi connectivity index (χ2n) is 7.24. The van der Waals surface area contributed by atoms with Gasteiger partial charge in [0.05, 0.1) is 13.2 Å². The number of aliphatic hydroxyl groups is 1. The van der Waals surface area contributed by atoms with E-state index in [2.05, 4.69) is 31.0 Å². The third-order valence-corrected chi connectivity index (χ3v) is 6.01. The van der Waals surface area contributed by atoms with Crippen molar-refractivity contribution in [1.29, 1.82) is 0 Å². The van der Waals surface area contributed by atoms with Gasteiger partial charge in [-0.15, -0.1) is 0 Å². The van der Waals surface area contributed by atoms with E-state index in [-0.39, 0.29) is 12.0 Å². The molecule has 0 radical (unpaired) electrons. The SMILES string of the molecule is CCNC(=NCC(CC)(CC)CO)N1CC2CCCCC2C1. The number of hydrogen-bond acceptors (Lipinski definition) is 2. The Kier molecular flexibility index (Phi) is 6.54. The molecule has 0 aromatic rings. The number of aliphatic hydroxyl groups excluding tert-OH is 1. The number of fused-ring (bicyclic) bond motifs is 1. The molecule has 0 amide bonds. The van der Waals surface area contributed by atoms with Crippen LogP contribution in [0.2, 0.25) is 0 Å². The summed E-state index contributed by atoms with van der Waals surface area (Å²) in [5.74, 6) is 2.81. The molecule has 0 bridgehead atoms. The number of nitrogens with zero attached hydrogens (tertiary/aromatic N) is 2. The molecule has 128 valence electrons. The Balaban J connectivity index is 2.04. The van der Waals surface area contributed by atoms with Crippen LogP contribution in [0.5, 0.6) is 0 Å². The molecular formula is C18H35N3O. The summed E-state index contributed by atoms with van der Waals surface area (Å²) >= 11 is 0. The van der Waals surface area contributed by atoms with Gasteiger partial charge in [0.1, 0.15) is 0 Å². The first kappa shape index (κ1) is 17.6. The lowest BCUT2D eigenvalue weighted by Crippen LogP contribution is -2.41. The molecule has 2 unspecified atom stereocenters. The topological polar surface area (TPSA) is 47.9 Å². The van der Waals surface area contributed by atoms with Gasteiger partial charge in [0.25, 0.3) is 0 Å². The molecule has 1 saturated carbocycles. The number of aliphatic imine (C=N–C) groups is 1. The largest absolute Gasteiger partial charge is 0.396 e. The molecule has 0 aromatic carbocycles. The van der Waals surface area contributed by atoms with Crippen molar-refractivity contribution in [2.75, 3.05) is 32.8 Å². The van der Waals surface area contributed by atoms with Crippen LogP contribution in [0.15, 0.2) is 4.99 Å². The standard InChI is InChI=1S/C18H35N3O/c1-4-18(5-2,14-22)13-20-17(19-6-3)21-11-15-9-7-8-10-16(15)12-21/h15-16,22H,4-14H2,1-3H3,(H,19,20). The van der Waals surface area contributed by atoms with Crippen LogP contribution < -0.4 is 5.32 Å². The van der Waals surface area contributed by atoms with Gasteiger partial charge in [0, 0.05) is 25.0 Å². The zero-order valence-electron chi connectivity index (χ0n) is 14.8. The summed E-state index contributed by atoms with van der Waals surface area (Å²) in [6.07, 6.45) is 7.56. The normalized spacial score (nSPS) is 26.2. The monoisotopic (exact) mass is 309 g/mol. The fourth-order valence-electron chi connectivity index (χ4n) is 3.99. The first-order chi connectivity index (χ1) is 10.7. The predicted molar refractivity (Wildman–Crippen MR) is 93.1 cm³/mol. The highest BCUT2D eigenvalue weighted by Gasteiger charge is 2.36. The highest BCUT2D eigenvalue weighted by Crippen LogP contribution is 2.36. The summed E-state index contributed by atoms with van der Waals surface area (Å²) in [6, 6.07) is 0. The third-order valence-electron chi connectivity index (χ3n) is 6.01. The van der Waals surface area contributed by atoms with E-state index in [1.54, 1.807) is 0 Å². The molecule has 1 aliphatic heterocycles. The Morgan fingerprint density at radius 1 is 1.14 bits per heavy atom. The molecule has 4 nitrogen and oxygen atoms in total. The van der Waals surface area contributed by atoms with Gasteiger partial charge in [-0.3, -0.25) is 4.99 Å². The second-order valence-corrected chi connectivity index (χ2v) is 7.24. The highest BCUT2D eigenvalue weighted by atomic mass is 16.3. The van der Waals surface area contributed by atoms with Gasteiger partial charge in [-0.05, 0) is 44.4 Å². The Morgan fingerprint density at radius 2 is 1.73 bits per heavy atom. The second kappa shape index (κ2) is 8.19. The maximum Gasteiger partial charge on any atom is 0.193 e. The number of rotatable bonds is 6. The molecule has 0 aromatic heterocycles. The van der Waals surface area contributed by atoms with Crippen molar-refractivity contribution >= 4 is 5.96 Å². The molecule has 1 saturated heterocycles. The van der Waals surface area contributed by atoms with Gasteiger partial charge in [-0.1, -0.05) is 26.7 Å². The molecule has 2 rings (SSSR count). The number of nitrogens with one attached hydrogen (secondary N) is 1. The van der Waals surface area contributed by atoms with E-state index in [4.69, 9.17) is 4.99 Å². The van der Waals surface area contributed by atoms with E-state index in [0.29, 0.717) is 0 Å². The predicted octanol–water partition coefficient (Wildman–Crippen LogP) is 2.87. The van der Waals surface area contributed by atoms with Crippen LogP contribution in [0.3, 0.4) is 0 Å². The minimum absolute atomic E-state index is 0.0485. The molecule has 1 heterocycles. The number of likely N-dealkylation sites (tertiary alicyclic amines) is 1. The van der Waals surface area contributed by atoms with Crippen molar-refractivity contribution in [3.63, 3.8) is 0 Å². The third kappa shape index (κ3) is 3.95. The summed E-state index contributed by atoms with van der Waals surface area (Å²) in [6.45, 7) is 10.7. The quantitative estimate of drug-likeness (QED) is 0.586. The van der Waals surface area contributed by atoms with Crippen molar-refractivity contribution in [3.8, 4) is 0 Å². The maximum absolute atomic E-state index is 9.75. The van der Waals surface area contributed by atoms with Crippen molar-refractivity contribution in [3.05, 3.63) is 0 Å². The summed E-state index contributed by atoms with van der Waals surface area (Å²) in [5, 5.41) is 13.2. The lowest BCUT2D eigenvalue weighted by atomic mass is 9.82. The summed E-state index contributed by atoms with van der Waals surface area (Å²) in [4.78, 5) is 7.38. The van der Waals surface area contributed by atoms with E-state index in [1.165, 1.54) is 38.8 Å². The Morgan fingerprint density at radius 3 is 2.18 bits per heavy atom. The zero-order valence-corrected chi connectivity index (χ0v) is 14.8. The Bertz CT molecular complexity index is 343. The molecule has 2 N–H and O–H groups in total. The minimum Gasteiger partial charge on any atom is -0.396 e. The molecule has 22 heavy (non-hydrogen) atoms. The van der Waals surface area contributed by atoms with Crippen LogP contribution in [-0.4, -0.2) is 48.8 Å². The summed E-state index contributed by atoms with van der Waals surface area (Å²) < 4.78 is 0. The molecule has 2 atom stereocenters. The number of guanidine groups is 1.